The molecule has 0 saturated heterocycles. The zero-order valence-corrected chi connectivity index (χ0v) is 6.91. The predicted octanol–water partition coefficient (Wildman–Crippen LogP) is -0.388. The average Bonchev–Trinajstić information content (AvgIpc) is 0. The first-order valence-electron chi connectivity index (χ1n) is 0. The topological polar surface area (TPSA) is 0 Å². The molecule has 0 heterocycles. The van der Waals surface area contributed by atoms with Crippen LogP contribution in [-0.4, -0.2) is 19.8 Å². The Morgan fingerprint density at radius 2 is 0.500 bits per heavy atom. The maximum atomic E-state index is 0. The van der Waals surface area contributed by atoms with Crippen molar-refractivity contribution in [1.82, 2.24) is 0 Å². The summed E-state index contributed by atoms with van der Waals surface area (Å²) in [4.78, 5) is 0. The Morgan fingerprint density at radius 1 is 0.500 bits per heavy atom. The Bertz CT molecular complexity index is 3.25. The molecule has 0 aliphatic heterocycles. The maximum Gasteiger partial charge on any atom is 0 e. The minimum Gasteiger partial charge on any atom is 0 e. The monoisotopic (exact) mass is 243 g/mol. The van der Waals surface area contributed by atoms with Crippen LogP contribution in [0.15, 0.2) is 0 Å². The Hall–Kier alpha value is 2.12. The van der Waals surface area contributed by atoms with Gasteiger partial charge in [0.1, 0.15) is 0 Å². The van der Waals surface area contributed by atoms with Gasteiger partial charge in [-0.1, -0.05) is 0 Å². The van der Waals surface area contributed by atoms with Crippen LogP contribution in [0.2, 0.25) is 0 Å². The van der Waals surface area contributed by atoms with Crippen LogP contribution < -0.4 is 0 Å². The van der Waals surface area contributed by atoms with Crippen molar-refractivity contribution in [1.29, 1.82) is 0 Å². The minimum absolute atomic E-state index is 0. The summed E-state index contributed by atoms with van der Waals surface area (Å²) in [5.74, 6) is 0. The molecule has 0 bridgehead atoms. The molecule has 0 amide bonds. The van der Waals surface area contributed by atoms with Crippen LogP contribution in [0, 0.1) is 0 Å². The fourth-order valence-corrected chi connectivity index (χ4v) is 0. The van der Waals surface area contributed by atoms with Crippen molar-refractivity contribution in [3.05, 3.63) is 0 Å². The Balaban J connectivity index is 0. The molecule has 0 aliphatic rings. The number of hydrogen-bond donors (Lipinski definition) is 0. The van der Waals surface area contributed by atoms with Crippen molar-refractivity contribution in [2.75, 3.05) is 0 Å². The smallest absolute Gasteiger partial charge is 0 e. The standard InChI is InChI=1S/Ga.3Ni. The summed E-state index contributed by atoms with van der Waals surface area (Å²) in [5.41, 5.74) is 0. The van der Waals surface area contributed by atoms with Gasteiger partial charge in [0.25, 0.3) is 0 Å². The van der Waals surface area contributed by atoms with Gasteiger partial charge >= 0.3 is 0 Å². The van der Waals surface area contributed by atoms with E-state index >= 15 is 0 Å². The van der Waals surface area contributed by atoms with Gasteiger partial charge in [0, 0.05) is 69.3 Å². The van der Waals surface area contributed by atoms with E-state index in [1.54, 1.807) is 0 Å². The van der Waals surface area contributed by atoms with E-state index in [9.17, 15) is 0 Å². The van der Waals surface area contributed by atoms with Gasteiger partial charge < -0.3 is 0 Å². The van der Waals surface area contributed by atoms with Crippen LogP contribution in [0.1, 0.15) is 0 Å². The molecular weight excluding hydrogens is 246 g/mol. The van der Waals surface area contributed by atoms with Gasteiger partial charge in [-0.25, -0.2) is 0 Å². The Morgan fingerprint density at radius 3 is 0.500 bits per heavy atom. The van der Waals surface area contributed by atoms with E-state index in [1.807, 2.05) is 0 Å². The van der Waals surface area contributed by atoms with Crippen LogP contribution in [0.25, 0.3) is 0 Å². The molecular formula is GaNi3. The molecule has 0 rings (SSSR count). The molecule has 0 fully saturated rings. The summed E-state index contributed by atoms with van der Waals surface area (Å²) < 4.78 is 0. The van der Waals surface area contributed by atoms with E-state index in [4.69, 9.17) is 0 Å². The summed E-state index contributed by atoms with van der Waals surface area (Å²) >= 11 is 0. The van der Waals surface area contributed by atoms with E-state index in [-0.39, 0.29) is 69.3 Å². The van der Waals surface area contributed by atoms with Crippen LogP contribution in [0.5, 0.6) is 0 Å². The fraction of sp³-hybridized carbons (Fsp3) is 0. The van der Waals surface area contributed by atoms with Gasteiger partial charge in [-0.2, -0.15) is 0 Å². The zero-order valence-electron chi connectivity index (χ0n) is 1.53. The third-order valence-corrected chi connectivity index (χ3v) is 0. The van der Waals surface area contributed by atoms with Crippen molar-refractivity contribution >= 4 is 19.8 Å². The molecule has 0 saturated carbocycles. The van der Waals surface area contributed by atoms with Crippen molar-refractivity contribution in [3.63, 3.8) is 0 Å². The summed E-state index contributed by atoms with van der Waals surface area (Å²) in [5, 5.41) is 0. The van der Waals surface area contributed by atoms with Crippen LogP contribution in [0.3, 0.4) is 0 Å². The SMILES string of the molecule is [Ga].[Ni].[Ni].[Ni]. The van der Waals surface area contributed by atoms with Crippen LogP contribution in [-0.2, 0) is 49.5 Å². The molecule has 0 aliphatic carbocycles. The van der Waals surface area contributed by atoms with E-state index < -0.39 is 0 Å². The summed E-state index contributed by atoms with van der Waals surface area (Å²) in [7, 11) is 0. The van der Waals surface area contributed by atoms with Crippen molar-refractivity contribution in [2.24, 2.45) is 0 Å². The predicted molar refractivity (Wildman–Crippen MR) is 5.75 cm³/mol. The first-order chi connectivity index (χ1) is 0. The van der Waals surface area contributed by atoms with Gasteiger partial charge in [-0.05, 0) is 0 Å². The second-order valence-corrected chi connectivity index (χ2v) is 0. The van der Waals surface area contributed by atoms with Crippen LogP contribution in [0.4, 0.5) is 0 Å². The van der Waals surface area contributed by atoms with Gasteiger partial charge in [-0.3, -0.25) is 0 Å². The molecule has 0 aromatic rings. The quantitative estimate of drug-likeness (QED) is 0.510. The average molecular weight is 246 g/mol. The van der Waals surface area contributed by atoms with Crippen molar-refractivity contribution in [3.8, 4) is 0 Å². The van der Waals surface area contributed by atoms with Gasteiger partial charge in [0.05, 0.1) is 0 Å². The third kappa shape index (κ3) is 8.93. The molecule has 0 N–H and O–H groups in total. The van der Waals surface area contributed by atoms with Gasteiger partial charge in [0.15, 0.2) is 0 Å². The summed E-state index contributed by atoms with van der Waals surface area (Å²) in [6, 6.07) is 0. The van der Waals surface area contributed by atoms with Crippen molar-refractivity contribution < 1.29 is 49.5 Å². The molecule has 0 aromatic heterocycles. The molecule has 0 unspecified atom stereocenters. The second kappa shape index (κ2) is 19.4. The molecule has 0 atom stereocenters. The van der Waals surface area contributed by atoms with E-state index in [1.165, 1.54) is 0 Å². The van der Waals surface area contributed by atoms with E-state index in [0.717, 1.165) is 0 Å². The van der Waals surface area contributed by atoms with E-state index in [0.29, 0.717) is 0 Å². The minimum atomic E-state index is 0. The van der Waals surface area contributed by atoms with Crippen LogP contribution >= 0.6 is 0 Å². The maximum absolute atomic E-state index is 0. The second-order valence-electron chi connectivity index (χ2n) is 0. The van der Waals surface area contributed by atoms with Gasteiger partial charge in [0.2, 0.25) is 0 Å². The van der Waals surface area contributed by atoms with Gasteiger partial charge in [-0.15, -0.1) is 0 Å². The third-order valence-electron chi connectivity index (χ3n) is 0. The molecule has 0 aromatic carbocycles. The fourth-order valence-electron chi connectivity index (χ4n) is 0. The number of hydrogen-bond acceptors (Lipinski definition) is 0. The normalized spacial score (nSPS) is 0. The summed E-state index contributed by atoms with van der Waals surface area (Å²) in [6.45, 7) is 0. The first kappa shape index (κ1) is 35.7. The summed E-state index contributed by atoms with van der Waals surface area (Å²) in [6.07, 6.45) is 0. The Kier molecular flexibility index (Phi) is 173. The molecule has 0 spiro atoms. The largest absolute Gasteiger partial charge is 0 e. The molecule has 4 heteroatoms. The molecule has 33 valence electrons. The molecule has 4 heavy (non-hydrogen) atoms. The number of rotatable bonds is 0. The van der Waals surface area contributed by atoms with Crippen molar-refractivity contribution in [2.45, 2.75) is 0 Å². The van der Waals surface area contributed by atoms with E-state index in [2.05, 4.69) is 0 Å². The molecule has 0 nitrogen and oxygen atoms in total. The first-order valence-corrected chi connectivity index (χ1v) is 0. The molecule has 3 radical (unpaired) electrons. The Labute approximate surface area is 68.7 Å². The zero-order chi connectivity index (χ0) is 0.